The Morgan fingerprint density at radius 2 is 2.13 bits per heavy atom. The maximum Gasteiger partial charge on any atom is 0.321 e. The van der Waals surface area contributed by atoms with E-state index in [2.05, 4.69) is 30.9 Å². The lowest BCUT2D eigenvalue weighted by Crippen LogP contribution is -2.35. The van der Waals surface area contributed by atoms with Crippen LogP contribution in [-0.2, 0) is 4.74 Å². The van der Waals surface area contributed by atoms with Crippen LogP contribution in [0.25, 0.3) is 10.9 Å². The molecule has 0 radical (unpaired) electrons. The summed E-state index contributed by atoms with van der Waals surface area (Å²) in [6.45, 7) is 3.98. The molecule has 4 rings (SSSR count). The minimum Gasteiger partial charge on any atom is -0.381 e. The van der Waals surface area contributed by atoms with E-state index in [1.165, 1.54) is 12.3 Å². The molecule has 1 atom stereocenters. The number of fused-ring (bicyclic) bond motifs is 1. The molecule has 0 saturated carbocycles. The van der Waals surface area contributed by atoms with Crippen LogP contribution in [-0.4, -0.2) is 40.7 Å². The summed E-state index contributed by atoms with van der Waals surface area (Å²) in [7, 11) is 0. The van der Waals surface area contributed by atoms with Crippen molar-refractivity contribution in [2.45, 2.75) is 25.8 Å². The maximum absolute atomic E-state index is 14.6. The van der Waals surface area contributed by atoms with Crippen LogP contribution in [0.5, 0.6) is 0 Å². The molecule has 2 aromatic heterocycles. The monoisotopic (exact) mass is 424 g/mol. The molecule has 3 aromatic rings. The van der Waals surface area contributed by atoms with Gasteiger partial charge in [0.05, 0.1) is 16.9 Å². The van der Waals surface area contributed by atoms with E-state index in [0.717, 1.165) is 31.6 Å². The molecular weight excluding hydrogens is 399 g/mol. The average molecular weight is 424 g/mol. The average Bonchev–Trinajstić information content (AvgIpc) is 2.79. The molecule has 1 aliphatic rings. The number of anilines is 2. The van der Waals surface area contributed by atoms with Crippen LogP contribution in [0.2, 0.25) is 0 Å². The van der Waals surface area contributed by atoms with Gasteiger partial charge in [0, 0.05) is 44.0 Å². The summed E-state index contributed by atoms with van der Waals surface area (Å²) < 4.78 is 19.9. The Morgan fingerprint density at radius 1 is 1.29 bits per heavy atom. The minimum atomic E-state index is -0.436. The van der Waals surface area contributed by atoms with Crippen molar-refractivity contribution in [3.63, 3.8) is 0 Å². The summed E-state index contributed by atoms with van der Waals surface area (Å²) in [5, 5.41) is 9.01. The number of nitrogens with one attached hydrogen (secondary N) is 3. The highest BCUT2D eigenvalue weighted by Crippen LogP contribution is 2.25. The van der Waals surface area contributed by atoms with Crippen molar-refractivity contribution in [1.82, 2.24) is 20.3 Å². The first kappa shape index (κ1) is 20.9. The molecule has 0 spiro atoms. The van der Waals surface area contributed by atoms with Gasteiger partial charge >= 0.3 is 6.03 Å². The minimum absolute atomic E-state index is 0.0686. The van der Waals surface area contributed by atoms with Crippen molar-refractivity contribution in [3.8, 4) is 0 Å². The zero-order valence-corrected chi connectivity index (χ0v) is 17.3. The molecule has 1 aromatic carbocycles. The van der Waals surface area contributed by atoms with Gasteiger partial charge < -0.3 is 15.4 Å². The van der Waals surface area contributed by atoms with E-state index in [-0.39, 0.29) is 23.4 Å². The third kappa shape index (κ3) is 5.43. The van der Waals surface area contributed by atoms with E-state index in [4.69, 9.17) is 4.74 Å². The van der Waals surface area contributed by atoms with Gasteiger partial charge in [0.25, 0.3) is 0 Å². The molecule has 1 aliphatic heterocycles. The van der Waals surface area contributed by atoms with Gasteiger partial charge in [-0.1, -0.05) is 6.07 Å². The first-order chi connectivity index (χ1) is 15.1. The predicted molar refractivity (Wildman–Crippen MR) is 116 cm³/mol. The number of hydrogen-bond donors (Lipinski definition) is 3. The highest BCUT2D eigenvalue weighted by molar-refractivity contribution is 5.89. The topological polar surface area (TPSA) is 101 Å². The second-order valence-electron chi connectivity index (χ2n) is 7.63. The van der Waals surface area contributed by atoms with Crippen LogP contribution in [0.15, 0.2) is 42.9 Å². The van der Waals surface area contributed by atoms with Gasteiger partial charge in [0.1, 0.15) is 5.82 Å². The van der Waals surface area contributed by atoms with Gasteiger partial charge in [0.2, 0.25) is 5.95 Å². The normalized spacial score (nSPS) is 15.4. The molecule has 0 bridgehead atoms. The standard InChI is InChI=1S/C22H25FN6O2/c1-14(16-3-2-6-24-12-16)27-17-9-19(23)18-13-25-21(28-20(18)10-17)29-22(30)26-11-15-4-7-31-8-5-15/h2-3,6,9-10,12-15,27H,4-5,7-8,11H2,1H3,(H2,25,26,28,29,30). The Hall–Kier alpha value is -3.33. The Morgan fingerprint density at radius 3 is 2.90 bits per heavy atom. The number of carbonyl (C=O) groups is 1. The van der Waals surface area contributed by atoms with Crippen molar-refractivity contribution in [1.29, 1.82) is 0 Å². The van der Waals surface area contributed by atoms with E-state index in [9.17, 15) is 9.18 Å². The smallest absolute Gasteiger partial charge is 0.321 e. The molecule has 31 heavy (non-hydrogen) atoms. The first-order valence-electron chi connectivity index (χ1n) is 10.3. The van der Waals surface area contributed by atoms with Crippen LogP contribution in [0.3, 0.4) is 0 Å². The SMILES string of the molecule is CC(Nc1cc(F)c2cnc(NC(=O)NCC3CCOCC3)nc2c1)c1cccnc1. The van der Waals surface area contributed by atoms with E-state index < -0.39 is 5.82 Å². The largest absolute Gasteiger partial charge is 0.381 e. The molecule has 0 aliphatic carbocycles. The van der Waals surface area contributed by atoms with Gasteiger partial charge in [0.15, 0.2) is 0 Å². The predicted octanol–water partition coefficient (Wildman–Crippen LogP) is 3.89. The Balaban J connectivity index is 1.44. The number of halogens is 1. The third-order valence-electron chi connectivity index (χ3n) is 5.34. The summed E-state index contributed by atoms with van der Waals surface area (Å²) in [5.74, 6) is 0.0873. The fourth-order valence-corrected chi connectivity index (χ4v) is 3.53. The van der Waals surface area contributed by atoms with Crippen molar-refractivity contribution in [2.24, 2.45) is 5.92 Å². The lowest BCUT2D eigenvalue weighted by atomic mass is 10.0. The summed E-state index contributed by atoms with van der Waals surface area (Å²) in [4.78, 5) is 24.7. The lowest BCUT2D eigenvalue weighted by molar-refractivity contribution is 0.0671. The quantitative estimate of drug-likeness (QED) is 0.555. The summed E-state index contributed by atoms with van der Waals surface area (Å²) in [6.07, 6.45) is 6.70. The van der Waals surface area contributed by atoms with Crippen LogP contribution in [0.1, 0.15) is 31.4 Å². The number of benzene rings is 1. The molecule has 2 amide bonds. The number of ether oxygens (including phenoxy) is 1. The highest BCUT2D eigenvalue weighted by Gasteiger charge is 2.15. The number of rotatable bonds is 6. The van der Waals surface area contributed by atoms with Gasteiger partial charge in [-0.2, -0.15) is 0 Å². The number of aromatic nitrogens is 3. The van der Waals surface area contributed by atoms with Crippen molar-refractivity contribution in [3.05, 3.63) is 54.2 Å². The molecule has 3 heterocycles. The first-order valence-corrected chi connectivity index (χ1v) is 10.3. The Kier molecular flexibility index (Phi) is 6.51. The Bertz CT molecular complexity index is 1040. The molecular formula is C22H25FN6O2. The lowest BCUT2D eigenvalue weighted by Gasteiger charge is -2.22. The molecule has 9 heteroatoms. The second-order valence-corrected chi connectivity index (χ2v) is 7.63. The maximum atomic E-state index is 14.6. The molecule has 8 nitrogen and oxygen atoms in total. The molecule has 3 N–H and O–H groups in total. The van der Waals surface area contributed by atoms with Gasteiger partial charge in [-0.05, 0) is 49.4 Å². The molecule has 1 unspecified atom stereocenters. The zero-order valence-electron chi connectivity index (χ0n) is 17.3. The van der Waals surface area contributed by atoms with Crippen LogP contribution in [0, 0.1) is 11.7 Å². The van der Waals surface area contributed by atoms with Crippen molar-refractivity contribution in [2.75, 3.05) is 30.4 Å². The highest BCUT2D eigenvalue weighted by atomic mass is 19.1. The molecule has 1 fully saturated rings. The number of amides is 2. The van der Waals surface area contributed by atoms with E-state index in [0.29, 0.717) is 23.7 Å². The molecule has 162 valence electrons. The third-order valence-corrected chi connectivity index (χ3v) is 5.34. The summed E-state index contributed by atoms with van der Waals surface area (Å²) >= 11 is 0. The number of urea groups is 1. The number of carbonyl (C=O) groups excluding carboxylic acids is 1. The van der Waals surface area contributed by atoms with Gasteiger partial charge in [-0.3, -0.25) is 10.3 Å². The molecule has 1 saturated heterocycles. The zero-order chi connectivity index (χ0) is 21.6. The number of pyridine rings is 1. The Labute approximate surface area is 179 Å². The van der Waals surface area contributed by atoms with Crippen molar-refractivity contribution < 1.29 is 13.9 Å². The van der Waals surface area contributed by atoms with Crippen molar-refractivity contribution >= 4 is 28.6 Å². The van der Waals surface area contributed by atoms with E-state index >= 15 is 0 Å². The summed E-state index contributed by atoms with van der Waals surface area (Å²) in [6, 6.07) is 6.49. The fourth-order valence-electron chi connectivity index (χ4n) is 3.53. The van der Waals surface area contributed by atoms with E-state index in [1.807, 2.05) is 19.1 Å². The van der Waals surface area contributed by atoms with E-state index in [1.54, 1.807) is 18.5 Å². The second kappa shape index (κ2) is 9.65. The van der Waals surface area contributed by atoms with Gasteiger partial charge in [-0.25, -0.2) is 19.2 Å². The fraction of sp³-hybridized carbons (Fsp3) is 0.364. The van der Waals surface area contributed by atoms with Crippen LogP contribution in [0.4, 0.5) is 20.8 Å². The van der Waals surface area contributed by atoms with Gasteiger partial charge in [-0.15, -0.1) is 0 Å². The van der Waals surface area contributed by atoms with Crippen LogP contribution >= 0.6 is 0 Å². The summed E-state index contributed by atoms with van der Waals surface area (Å²) in [5.41, 5.74) is 1.96. The number of hydrogen-bond acceptors (Lipinski definition) is 6. The number of nitrogens with zero attached hydrogens (tertiary/aromatic N) is 3. The van der Waals surface area contributed by atoms with Crippen LogP contribution < -0.4 is 16.0 Å².